The Morgan fingerprint density at radius 3 is 2.77 bits per heavy atom. The average molecular weight is 187 g/mol. The zero-order chi connectivity index (χ0) is 9.84. The van der Waals surface area contributed by atoms with Gasteiger partial charge in [-0.25, -0.2) is 4.79 Å². The number of rotatable bonds is 2. The molecule has 0 saturated carbocycles. The summed E-state index contributed by atoms with van der Waals surface area (Å²) in [5.41, 5.74) is 4.76. The van der Waals surface area contributed by atoms with Crippen molar-refractivity contribution in [3.05, 3.63) is 0 Å². The smallest absolute Gasteiger partial charge is 0.318 e. The molecule has 0 aliphatic carbocycles. The molecule has 1 rings (SSSR count). The lowest BCUT2D eigenvalue weighted by Crippen LogP contribution is -2.41. The van der Waals surface area contributed by atoms with Crippen LogP contribution < -0.4 is 11.1 Å². The molecule has 0 radical (unpaired) electrons. The van der Waals surface area contributed by atoms with Gasteiger partial charge in [0.05, 0.1) is 12.6 Å². The van der Waals surface area contributed by atoms with Gasteiger partial charge < -0.3 is 10.8 Å². The standard InChI is InChI=1S/C7H13N3O3/c8-7(13)9-6(12)4-10-2-1-5(11)3-10/h5,11H,1-4H2,(H3,8,9,12,13). The van der Waals surface area contributed by atoms with Gasteiger partial charge >= 0.3 is 6.03 Å². The van der Waals surface area contributed by atoms with E-state index >= 15 is 0 Å². The van der Waals surface area contributed by atoms with Crippen molar-refractivity contribution in [2.45, 2.75) is 12.5 Å². The molecule has 0 aromatic heterocycles. The molecule has 0 spiro atoms. The number of imide groups is 1. The second kappa shape index (κ2) is 4.20. The third-order valence-corrected chi connectivity index (χ3v) is 1.88. The fourth-order valence-corrected chi connectivity index (χ4v) is 1.34. The Morgan fingerprint density at radius 1 is 1.62 bits per heavy atom. The Kier molecular flexibility index (Phi) is 3.21. The Labute approximate surface area is 75.7 Å². The SMILES string of the molecule is NC(=O)NC(=O)CN1CCC(O)C1. The largest absolute Gasteiger partial charge is 0.392 e. The van der Waals surface area contributed by atoms with Crippen molar-refractivity contribution >= 4 is 11.9 Å². The van der Waals surface area contributed by atoms with Gasteiger partial charge in [-0.3, -0.25) is 15.0 Å². The van der Waals surface area contributed by atoms with E-state index in [-0.39, 0.29) is 12.6 Å². The molecule has 74 valence electrons. The number of likely N-dealkylation sites (tertiary alicyclic amines) is 1. The van der Waals surface area contributed by atoms with Gasteiger partial charge in [-0.1, -0.05) is 0 Å². The minimum atomic E-state index is -0.843. The fourth-order valence-electron chi connectivity index (χ4n) is 1.34. The van der Waals surface area contributed by atoms with Crippen LogP contribution in [0.4, 0.5) is 4.79 Å². The van der Waals surface area contributed by atoms with E-state index in [2.05, 4.69) is 0 Å². The number of hydrogen-bond acceptors (Lipinski definition) is 4. The van der Waals surface area contributed by atoms with Gasteiger partial charge in [-0.15, -0.1) is 0 Å². The molecule has 0 bridgehead atoms. The summed E-state index contributed by atoms with van der Waals surface area (Å²) in [5.74, 6) is -0.429. The predicted octanol–water partition coefficient (Wildman–Crippen LogP) is -1.75. The van der Waals surface area contributed by atoms with E-state index in [1.807, 2.05) is 5.32 Å². The van der Waals surface area contributed by atoms with Crippen LogP contribution in [0, 0.1) is 0 Å². The number of nitrogens with two attached hydrogens (primary N) is 1. The zero-order valence-corrected chi connectivity index (χ0v) is 7.19. The Bertz CT molecular complexity index is 219. The number of hydrogen-bond donors (Lipinski definition) is 3. The van der Waals surface area contributed by atoms with Gasteiger partial charge in [0.15, 0.2) is 0 Å². The number of urea groups is 1. The number of aliphatic hydroxyl groups excluding tert-OH is 1. The molecule has 1 aliphatic heterocycles. The van der Waals surface area contributed by atoms with Crippen molar-refractivity contribution in [2.24, 2.45) is 5.73 Å². The lowest BCUT2D eigenvalue weighted by atomic mass is 10.3. The number of amides is 3. The first-order chi connectivity index (χ1) is 6.08. The van der Waals surface area contributed by atoms with E-state index in [1.165, 1.54) is 0 Å². The van der Waals surface area contributed by atoms with Crippen molar-refractivity contribution in [1.82, 2.24) is 10.2 Å². The number of carbonyl (C=O) groups is 2. The van der Waals surface area contributed by atoms with Crippen LogP contribution in [-0.4, -0.2) is 47.7 Å². The van der Waals surface area contributed by atoms with Crippen molar-refractivity contribution in [2.75, 3.05) is 19.6 Å². The van der Waals surface area contributed by atoms with Crippen LogP contribution in [0.2, 0.25) is 0 Å². The minimum Gasteiger partial charge on any atom is -0.392 e. The number of carbonyl (C=O) groups excluding carboxylic acids is 2. The molecule has 1 unspecified atom stereocenters. The molecular weight excluding hydrogens is 174 g/mol. The maximum atomic E-state index is 11.0. The molecule has 1 saturated heterocycles. The van der Waals surface area contributed by atoms with Gasteiger partial charge in [0.1, 0.15) is 0 Å². The average Bonchev–Trinajstić information content (AvgIpc) is 2.33. The third kappa shape index (κ3) is 3.39. The highest BCUT2D eigenvalue weighted by Crippen LogP contribution is 2.07. The van der Waals surface area contributed by atoms with E-state index in [1.54, 1.807) is 4.90 Å². The van der Waals surface area contributed by atoms with Crippen molar-refractivity contribution in [3.63, 3.8) is 0 Å². The number of aliphatic hydroxyl groups is 1. The van der Waals surface area contributed by atoms with E-state index in [0.29, 0.717) is 19.5 Å². The number of β-amino-alcohol motifs (C(OH)–C–C–N with tert-alkyl or cyclic N) is 1. The summed E-state index contributed by atoms with van der Waals surface area (Å²) in [7, 11) is 0. The van der Waals surface area contributed by atoms with Crippen LogP contribution in [0.3, 0.4) is 0 Å². The predicted molar refractivity (Wildman–Crippen MR) is 44.8 cm³/mol. The molecule has 1 fully saturated rings. The molecule has 13 heavy (non-hydrogen) atoms. The molecule has 0 aromatic rings. The monoisotopic (exact) mass is 187 g/mol. The van der Waals surface area contributed by atoms with Crippen LogP contribution in [0.1, 0.15) is 6.42 Å². The topological polar surface area (TPSA) is 95.7 Å². The second-order valence-electron chi connectivity index (χ2n) is 3.09. The maximum Gasteiger partial charge on any atom is 0.318 e. The lowest BCUT2D eigenvalue weighted by molar-refractivity contribution is -0.120. The van der Waals surface area contributed by atoms with Crippen LogP contribution >= 0.6 is 0 Å². The van der Waals surface area contributed by atoms with Crippen molar-refractivity contribution < 1.29 is 14.7 Å². The van der Waals surface area contributed by atoms with Gasteiger partial charge in [0.25, 0.3) is 0 Å². The number of nitrogens with one attached hydrogen (secondary N) is 1. The Balaban J connectivity index is 2.24. The Morgan fingerprint density at radius 2 is 2.31 bits per heavy atom. The molecule has 0 aromatic carbocycles. The van der Waals surface area contributed by atoms with Crippen LogP contribution in [0.5, 0.6) is 0 Å². The van der Waals surface area contributed by atoms with E-state index in [9.17, 15) is 9.59 Å². The summed E-state index contributed by atoms with van der Waals surface area (Å²) in [6.45, 7) is 1.26. The molecule has 1 heterocycles. The maximum absolute atomic E-state index is 11.0. The summed E-state index contributed by atoms with van der Waals surface area (Å²) < 4.78 is 0. The Hall–Kier alpha value is -1.14. The van der Waals surface area contributed by atoms with E-state index < -0.39 is 11.9 Å². The van der Waals surface area contributed by atoms with E-state index in [4.69, 9.17) is 10.8 Å². The first kappa shape index (κ1) is 9.94. The van der Waals surface area contributed by atoms with Gasteiger partial charge in [0, 0.05) is 13.1 Å². The molecule has 1 atom stereocenters. The normalized spacial score (nSPS) is 23.0. The van der Waals surface area contributed by atoms with Crippen LogP contribution in [0.25, 0.3) is 0 Å². The molecule has 4 N–H and O–H groups in total. The summed E-state index contributed by atoms with van der Waals surface area (Å²) in [4.78, 5) is 23.0. The first-order valence-corrected chi connectivity index (χ1v) is 4.07. The molecule has 1 aliphatic rings. The van der Waals surface area contributed by atoms with Crippen molar-refractivity contribution in [1.29, 1.82) is 0 Å². The lowest BCUT2D eigenvalue weighted by Gasteiger charge is -2.12. The molecule has 6 nitrogen and oxygen atoms in total. The van der Waals surface area contributed by atoms with Crippen LogP contribution in [0.15, 0.2) is 0 Å². The summed E-state index contributed by atoms with van der Waals surface area (Å²) in [6, 6.07) is -0.843. The van der Waals surface area contributed by atoms with Gasteiger partial charge in [-0.05, 0) is 6.42 Å². The third-order valence-electron chi connectivity index (χ3n) is 1.88. The highest BCUT2D eigenvalue weighted by atomic mass is 16.3. The summed E-state index contributed by atoms with van der Waals surface area (Å²) >= 11 is 0. The molecule has 3 amide bonds. The van der Waals surface area contributed by atoms with Crippen molar-refractivity contribution in [3.8, 4) is 0 Å². The molecular formula is C7H13N3O3. The summed E-state index contributed by atoms with van der Waals surface area (Å²) in [6.07, 6.45) is 0.311. The van der Waals surface area contributed by atoms with Gasteiger partial charge in [-0.2, -0.15) is 0 Å². The number of primary amides is 1. The second-order valence-corrected chi connectivity index (χ2v) is 3.09. The highest BCUT2D eigenvalue weighted by Gasteiger charge is 2.22. The van der Waals surface area contributed by atoms with Gasteiger partial charge in [0.2, 0.25) is 5.91 Å². The first-order valence-electron chi connectivity index (χ1n) is 4.07. The highest BCUT2D eigenvalue weighted by molar-refractivity contribution is 5.94. The molecule has 6 heteroatoms. The van der Waals surface area contributed by atoms with E-state index in [0.717, 1.165) is 0 Å². The quantitative estimate of drug-likeness (QED) is 0.477. The minimum absolute atomic E-state index is 0.111. The summed E-state index contributed by atoms with van der Waals surface area (Å²) in [5, 5.41) is 11.1. The number of nitrogens with zero attached hydrogens (tertiary/aromatic N) is 1. The zero-order valence-electron chi connectivity index (χ0n) is 7.19. The van der Waals surface area contributed by atoms with Crippen LogP contribution in [-0.2, 0) is 4.79 Å². The fraction of sp³-hybridized carbons (Fsp3) is 0.714.